The number of hydrogen-bond donors (Lipinski definition) is 1. The number of alkyl halides is 3. The molecule has 2 aromatic heterocycles. The number of rotatable bonds is 6. The third-order valence-electron chi connectivity index (χ3n) is 6.16. The van der Waals surface area contributed by atoms with E-state index in [0.717, 1.165) is 12.1 Å². The van der Waals surface area contributed by atoms with Crippen molar-refractivity contribution in [2.75, 3.05) is 14.2 Å². The predicted molar refractivity (Wildman–Crippen MR) is 140 cm³/mol. The lowest BCUT2D eigenvalue weighted by molar-refractivity contribution is -0.137. The SMILES string of the molecule is COc1ccc2c3oc(=O)c(Sc4cccc(C(F)(F)F)c4)c(O)c3c(=O)n(Cc3ccccc3OC)c2c1. The topological polar surface area (TPSA) is 90.9 Å². The van der Waals surface area contributed by atoms with E-state index in [2.05, 4.69) is 0 Å². The van der Waals surface area contributed by atoms with Crippen LogP contribution < -0.4 is 20.7 Å². The van der Waals surface area contributed by atoms with E-state index < -0.39 is 33.6 Å². The van der Waals surface area contributed by atoms with Gasteiger partial charge in [-0.15, -0.1) is 0 Å². The average molecular weight is 556 g/mol. The minimum atomic E-state index is -4.60. The lowest BCUT2D eigenvalue weighted by Crippen LogP contribution is -2.23. The van der Waals surface area contributed by atoms with Crippen molar-refractivity contribution >= 4 is 33.6 Å². The van der Waals surface area contributed by atoms with Gasteiger partial charge >= 0.3 is 11.8 Å². The highest BCUT2D eigenvalue weighted by Gasteiger charge is 2.31. The first-order valence-electron chi connectivity index (χ1n) is 11.5. The fourth-order valence-corrected chi connectivity index (χ4v) is 5.19. The maximum absolute atomic E-state index is 13.9. The van der Waals surface area contributed by atoms with Crippen LogP contribution in [0.15, 0.2) is 90.5 Å². The van der Waals surface area contributed by atoms with E-state index >= 15 is 0 Å². The van der Waals surface area contributed by atoms with Crippen LogP contribution in [0.2, 0.25) is 0 Å². The van der Waals surface area contributed by atoms with Gasteiger partial charge in [-0.2, -0.15) is 13.2 Å². The Kier molecular flexibility index (Phi) is 6.77. The zero-order chi connectivity index (χ0) is 27.9. The van der Waals surface area contributed by atoms with Crippen LogP contribution in [0.4, 0.5) is 13.2 Å². The standard InChI is InChI=1S/C28H20F3NO6S/c1-36-17-10-11-19-20(13-17)32(14-15-6-3-4-9-21(15)37-2)26(34)22-23(33)25(27(35)38-24(19)22)39-18-8-5-7-16(12-18)28(29,30)31/h3-13,33H,14H2,1-2H3. The Hall–Kier alpha value is -4.38. The van der Waals surface area contributed by atoms with Crippen LogP contribution in [0.5, 0.6) is 17.2 Å². The van der Waals surface area contributed by atoms with Crippen LogP contribution in [-0.4, -0.2) is 23.9 Å². The van der Waals surface area contributed by atoms with E-state index in [9.17, 15) is 27.9 Å². The summed E-state index contributed by atoms with van der Waals surface area (Å²) in [5.41, 5.74) is -1.70. The lowest BCUT2D eigenvalue weighted by Gasteiger charge is -2.16. The molecule has 0 radical (unpaired) electrons. The summed E-state index contributed by atoms with van der Waals surface area (Å²) in [6.45, 7) is 0.0388. The van der Waals surface area contributed by atoms with Gasteiger partial charge in [0.15, 0.2) is 11.3 Å². The molecule has 7 nitrogen and oxygen atoms in total. The van der Waals surface area contributed by atoms with Gasteiger partial charge in [0.25, 0.3) is 5.56 Å². The molecule has 0 bridgehead atoms. The molecular formula is C28H20F3NO6S. The van der Waals surface area contributed by atoms with E-state index in [1.165, 1.54) is 30.9 Å². The maximum atomic E-state index is 13.9. The number of aromatic nitrogens is 1. The molecule has 5 rings (SSSR count). The highest BCUT2D eigenvalue weighted by atomic mass is 32.2. The summed E-state index contributed by atoms with van der Waals surface area (Å²) in [5, 5.41) is 11.3. The molecule has 0 atom stereocenters. The van der Waals surface area contributed by atoms with Gasteiger partial charge < -0.3 is 23.6 Å². The van der Waals surface area contributed by atoms with Crippen molar-refractivity contribution in [3.63, 3.8) is 0 Å². The minimum Gasteiger partial charge on any atom is -0.505 e. The molecule has 5 aromatic rings. The summed E-state index contributed by atoms with van der Waals surface area (Å²) in [5.74, 6) is 0.295. The second-order valence-electron chi connectivity index (χ2n) is 8.49. The second kappa shape index (κ2) is 10.1. The van der Waals surface area contributed by atoms with Crippen LogP contribution >= 0.6 is 11.8 Å². The van der Waals surface area contributed by atoms with Crippen LogP contribution in [0.25, 0.3) is 21.9 Å². The van der Waals surface area contributed by atoms with Crippen molar-refractivity contribution in [3.8, 4) is 17.2 Å². The molecule has 200 valence electrons. The first-order valence-corrected chi connectivity index (χ1v) is 12.3. The maximum Gasteiger partial charge on any atom is 0.416 e. The summed E-state index contributed by atoms with van der Waals surface area (Å²) < 4.78 is 57.3. The minimum absolute atomic E-state index is 0.0339. The van der Waals surface area contributed by atoms with Crippen LogP contribution in [0, 0.1) is 0 Å². The number of benzene rings is 3. The Morgan fingerprint density at radius 3 is 2.46 bits per heavy atom. The molecule has 2 heterocycles. The predicted octanol–water partition coefficient (Wildman–Crippen LogP) is 6.05. The molecule has 0 amide bonds. The largest absolute Gasteiger partial charge is 0.505 e. The molecule has 0 saturated heterocycles. The third kappa shape index (κ3) is 4.81. The van der Waals surface area contributed by atoms with Crippen molar-refractivity contribution in [3.05, 3.63) is 98.6 Å². The molecule has 39 heavy (non-hydrogen) atoms. The second-order valence-corrected chi connectivity index (χ2v) is 9.57. The lowest BCUT2D eigenvalue weighted by atomic mass is 10.1. The molecule has 0 spiro atoms. The summed E-state index contributed by atoms with van der Waals surface area (Å²) in [4.78, 5) is 26.5. The third-order valence-corrected chi connectivity index (χ3v) is 7.21. The molecule has 0 saturated carbocycles. The zero-order valence-electron chi connectivity index (χ0n) is 20.5. The smallest absolute Gasteiger partial charge is 0.416 e. The average Bonchev–Trinajstić information content (AvgIpc) is 2.92. The number of ether oxygens (including phenoxy) is 2. The Bertz CT molecular complexity index is 1840. The molecule has 0 aliphatic heterocycles. The van der Waals surface area contributed by atoms with E-state index in [1.54, 1.807) is 42.5 Å². The van der Waals surface area contributed by atoms with Crippen molar-refractivity contribution in [1.29, 1.82) is 0 Å². The molecule has 0 unspecified atom stereocenters. The number of nitrogens with zero attached hydrogens (tertiary/aromatic N) is 1. The normalized spacial score (nSPS) is 11.7. The van der Waals surface area contributed by atoms with Crippen molar-refractivity contribution < 1.29 is 32.2 Å². The van der Waals surface area contributed by atoms with Gasteiger partial charge in [0.05, 0.1) is 31.8 Å². The molecule has 11 heteroatoms. The van der Waals surface area contributed by atoms with E-state index in [1.807, 2.05) is 0 Å². The Labute approximate surface area is 223 Å². The first-order chi connectivity index (χ1) is 18.6. The monoisotopic (exact) mass is 555 g/mol. The van der Waals surface area contributed by atoms with E-state index in [4.69, 9.17) is 13.9 Å². The van der Waals surface area contributed by atoms with Crippen molar-refractivity contribution in [2.24, 2.45) is 0 Å². The number of hydrogen-bond acceptors (Lipinski definition) is 7. The number of methoxy groups -OCH3 is 2. The zero-order valence-corrected chi connectivity index (χ0v) is 21.4. The molecule has 0 aliphatic rings. The number of aromatic hydroxyl groups is 1. The van der Waals surface area contributed by atoms with E-state index in [0.29, 0.717) is 39.7 Å². The quantitative estimate of drug-likeness (QED) is 0.255. The fourth-order valence-electron chi connectivity index (χ4n) is 4.30. The Morgan fingerprint density at radius 2 is 1.74 bits per heavy atom. The fraction of sp³-hybridized carbons (Fsp3) is 0.143. The summed E-state index contributed by atoms with van der Waals surface area (Å²) in [7, 11) is 2.97. The number of para-hydroxylation sites is 1. The Morgan fingerprint density at radius 1 is 0.974 bits per heavy atom. The van der Waals surface area contributed by atoms with Crippen LogP contribution in [0.1, 0.15) is 11.1 Å². The van der Waals surface area contributed by atoms with Gasteiger partial charge in [-0.1, -0.05) is 36.0 Å². The molecule has 0 aliphatic carbocycles. The molecular weight excluding hydrogens is 535 g/mol. The van der Waals surface area contributed by atoms with Crippen LogP contribution in [-0.2, 0) is 12.7 Å². The van der Waals surface area contributed by atoms with Crippen LogP contribution in [0.3, 0.4) is 0 Å². The molecule has 0 fully saturated rings. The summed E-state index contributed by atoms with van der Waals surface area (Å²) in [6.07, 6.45) is -4.60. The number of fused-ring (bicyclic) bond motifs is 3. The van der Waals surface area contributed by atoms with Crippen molar-refractivity contribution in [2.45, 2.75) is 22.5 Å². The summed E-state index contributed by atoms with van der Waals surface area (Å²) >= 11 is 0.578. The highest BCUT2D eigenvalue weighted by molar-refractivity contribution is 7.99. The van der Waals surface area contributed by atoms with Gasteiger partial charge in [-0.05, 0) is 36.4 Å². The van der Waals surface area contributed by atoms with Gasteiger partial charge in [0, 0.05) is 21.9 Å². The van der Waals surface area contributed by atoms with E-state index in [-0.39, 0.29) is 22.4 Å². The summed E-state index contributed by atoms with van der Waals surface area (Å²) in [6, 6.07) is 16.2. The number of pyridine rings is 1. The van der Waals surface area contributed by atoms with Gasteiger partial charge in [0.2, 0.25) is 0 Å². The molecule has 1 N–H and O–H groups in total. The van der Waals surface area contributed by atoms with Gasteiger partial charge in [-0.25, -0.2) is 4.79 Å². The van der Waals surface area contributed by atoms with Gasteiger partial charge in [0.1, 0.15) is 21.8 Å². The highest BCUT2D eigenvalue weighted by Crippen LogP contribution is 2.39. The molecule has 3 aromatic carbocycles. The van der Waals surface area contributed by atoms with Gasteiger partial charge in [-0.3, -0.25) is 4.79 Å². The van der Waals surface area contributed by atoms with Crippen molar-refractivity contribution in [1.82, 2.24) is 4.57 Å². The number of halogens is 3. The Balaban J connectivity index is 1.76. The first kappa shape index (κ1) is 26.2.